The van der Waals surface area contributed by atoms with E-state index in [9.17, 15) is 13.5 Å². The fourth-order valence-corrected chi connectivity index (χ4v) is 3.97. The number of aliphatic hydroxyl groups is 1. The summed E-state index contributed by atoms with van der Waals surface area (Å²) >= 11 is 7.37. The summed E-state index contributed by atoms with van der Waals surface area (Å²) in [7, 11) is -3.69. The number of benzene rings is 1. The summed E-state index contributed by atoms with van der Waals surface area (Å²) in [5.74, 6) is 0. The molecule has 1 aromatic heterocycles. The minimum atomic E-state index is -3.69. The van der Waals surface area contributed by atoms with Crippen LogP contribution in [0.25, 0.3) is 0 Å². The lowest BCUT2D eigenvalue weighted by Crippen LogP contribution is -2.29. The minimum absolute atomic E-state index is 0.0784. The summed E-state index contributed by atoms with van der Waals surface area (Å²) in [4.78, 5) is 0.127. The monoisotopic (exact) mass is 331 g/mol. The molecule has 4 nitrogen and oxygen atoms in total. The molecule has 0 aliphatic carbocycles. The zero-order valence-electron chi connectivity index (χ0n) is 10.7. The summed E-state index contributed by atoms with van der Waals surface area (Å²) < 4.78 is 26.8. The Morgan fingerprint density at radius 1 is 1.40 bits per heavy atom. The fraction of sp³-hybridized carbons (Fsp3) is 0.231. The number of thiophene rings is 1. The lowest BCUT2D eigenvalue weighted by Gasteiger charge is -2.13. The third-order valence-electron chi connectivity index (χ3n) is 2.90. The van der Waals surface area contributed by atoms with E-state index in [1.807, 2.05) is 5.38 Å². The smallest absolute Gasteiger partial charge is 0.240 e. The molecule has 2 N–H and O–H groups in total. The molecule has 0 radical (unpaired) electrons. The van der Waals surface area contributed by atoms with Crippen molar-refractivity contribution in [3.8, 4) is 0 Å². The molecule has 0 unspecified atom stereocenters. The zero-order chi connectivity index (χ0) is 14.8. The summed E-state index contributed by atoms with van der Waals surface area (Å²) in [6.07, 6.45) is -0.865. The number of hydrogen-bond donors (Lipinski definition) is 2. The van der Waals surface area contributed by atoms with Crippen LogP contribution in [0.3, 0.4) is 0 Å². The van der Waals surface area contributed by atoms with Crippen molar-refractivity contribution in [2.75, 3.05) is 6.54 Å². The quantitative estimate of drug-likeness (QED) is 0.885. The SMILES string of the molecule is Cc1c(Cl)cccc1S(=O)(=O)NC[C@H](O)c1ccsc1. The van der Waals surface area contributed by atoms with E-state index >= 15 is 0 Å². The number of aliphatic hydroxyl groups excluding tert-OH is 1. The summed E-state index contributed by atoms with van der Waals surface area (Å²) in [5.41, 5.74) is 1.19. The molecule has 0 fully saturated rings. The molecular weight excluding hydrogens is 318 g/mol. The van der Waals surface area contributed by atoms with Crippen molar-refractivity contribution in [1.82, 2.24) is 4.72 Å². The topological polar surface area (TPSA) is 66.4 Å². The molecule has 0 saturated carbocycles. The lowest BCUT2D eigenvalue weighted by atomic mass is 10.2. The molecule has 0 aliphatic rings. The zero-order valence-corrected chi connectivity index (χ0v) is 13.1. The van der Waals surface area contributed by atoms with E-state index in [4.69, 9.17) is 11.6 Å². The predicted molar refractivity (Wildman–Crippen MR) is 80.7 cm³/mol. The molecule has 2 aromatic rings. The Morgan fingerprint density at radius 3 is 2.80 bits per heavy atom. The molecule has 108 valence electrons. The molecule has 0 bridgehead atoms. The van der Waals surface area contributed by atoms with Crippen molar-refractivity contribution in [3.63, 3.8) is 0 Å². The average Bonchev–Trinajstić information content (AvgIpc) is 2.93. The van der Waals surface area contributed by atoms with Gasteiger partial charge in [0.25, 0.3) is 0 Å². The second-order valence-corrected chi connectivity index (χ2v) is 7.21. The van der Waals surface area contributed by atoms with Gasteiger partial charge < -0.3 is 5.11 Å². The first kappa shape index (κ1) is 15.5. The molecule has 0 saturated heterocycles. The van der Waals surface area contributed by atoms with Gasteiger partial charge in [-0.1, -0.05) is 17.7 Å². The molecule has 1 heterocycles. The highest BCUT2D eigenvalue weighted by Gasteiger charge is 2.19. The molecule has 1 atom stereocenters. The molecule has 0 spiro atoms. The molecule has 0 aliphatic heterocycles. The van der Waals surface area contributed by atoms with Crippen LogP contribution in [0.4, 0.5) is 0 Å². The van der Waals surface area contributed by atoms with Crippen LogP contribution in [0.5, 0.6) is 0 Å². The fourth-order valence-electron chi connectivity index (χ4n) is 1.73. The van der Waals surface area contributed by atoms with E-state index in [0.29, 0.717) is 16.1 Å². The van der Waals surface area contributed by atoms with E-state index in [1.54, 1.807) is 30.5 Å². The van der Waals surface area contributed by atoms with Crippen LogP contribution in [-0.2, 0) is 10.0 Å². The number of sulfonamides is 1. The van der Waals surface area contributed by atoms with E-state index in [0.717, 1.165) is 0 Å². The van der Waals surface area contributed by atoms with E-state index in [2.05, 4.69) is 4.72 Å². The second-order valence-electron chi connectivity index (χ2n) is 4.29. The van der Waals surface area contributed by atoms with Crippen LogP contribution >= 0.6 is 22.9 Å². The van der Waals surface area contributed by atoms with Crippen molar-refractivity contribution < 1.29 is 13.5 Å². The van der Waals surface area contributed by atoms with Gasteiger partial charge in [-0.2, -0.15) is 11.3 Å². The summed E-state index contributed by atoms with van der Waals surface area (Å²) in [6, 6.07) is 6.46. The first-order valence-corrected chi connectivity index (χ1v) is 8.67. The lowest BCUT2D eigenvalue weighted by molar-refractivity contribution is 0.182. The van der Waals surface area contributed by atoms with Gasteiger partial charge in [-0.3, -0.25) is 0 Å². The van der Waals surface area contributed by atoms with Crippen molar-refractivity contribution in [1.29, 1.82) is 0 Å². The molecule has 2 rings (SSSR count). The van der Waals surface area contributed by atoms with Gasteiger partial charge in [0.1, 0.15) is 0 Å². The molecule has 7 heteroatoms. The van der Waals surface area contributed by atoms with Gasteiger partial charge in [0, 0.05) is 11.6 Å². The first-order valence-electron chi connectivity index (χ1n) is 5.87. The Kier molecular flexibility index (Phi) is 4.82. The molecular formula is C13H14ClNO3S2. The van der Waals surface area contributed by atoms with Crippen LogP contribution in [0.15, 0.2) is 39.9 Å². The summed E-state index contributed by atoms with van der Waals surface area (Å²) in [6.45, 7) is 1.57. The number of rotatable bonds is 5. The normalized spacial score (nSPS) is 13.3. The van der Waals surface area contributed by atoms with Crippen LogP contribution < -0.4 is 4.72 Å². The van der Waals surface area contributed by atoms with Gasteiger partial charge in [0.15, 0.2) is 0 Å². The first-order chi connectivity index (χ1) is 9.42. The highest BCUT2D eigenvalue weighted by molar-refractivity contribution is 7.89. The minimum Gasteiger partial charge on any atom is -0.387 e. The van der Waals surface area contributed by atoms with Gasteiger partial charge in [0.05, 0.1) is 11.0 Å². The van der Waals surface area contributed by atoms with E-state index < -0.39 is 16.1 Å². The van der Waals surface area contributed by atoms with Crippen molar-refractivity contribution in [3.05, 3.63) is 51.2 Å². The van der Waals surface area contributed by atoms with Gasteiger partial charge in [0.2, 0.25) is 10.0 Å². The molecule has 0 amide bonds. The van der Waals surface area contributed by atoms with Gasteiger partial charge in [-0.15, -0.1) is 0 Å². The number of nitrogens with one attached hydrogen (secondary N) is 1. The maximum Gasteiger partial charge on any atom is 0.240 e. The second kappa shape index (κ2) is 6.24. The third-order valence-corrected chi connectivity index (χ3v) is 5.58. The molecule has 20 heavy (non-hydrogen) atoms. The van der Waals surface area contributed by atoms with Crippen LogP contribution in [-0.4, -0.2) is 20.1 Å². The Hall–Kier alpha value is -0.920. The van der Waals surface area contributed by atoms with Crippen molar-refractivity contribution in [2.24, 2.45) is 0 Å². The van der Waals surface area contributed by atoms with Gasteiger partial charge >= 0.3 is 0 Å². The highest BCUT2D eigenvalue weighted by Crippen LogP contribution is 2.23. The van der Waals surface area contributed by atoms with Crippen LogP contribution in [0.1, 0.15) is 17.2 Å². The van der Waals surface area contributed by atoms with Crippen LogP contribution in [0.2, 0.25) is 5.02 Å². The Balaban J connectivity index is 2.14. The van der Waals surface area contributed by atoms with Crippen molar-refractivity contribution >= 4 is 33.0 Å². The Labute approximate surface area is 127 Å². The standard InChI is InChI=1S/C13H14ClNO3S2/c1-9-11(14)3-2-4-13(9)20(17,18)15-7-12(16)10-5-6-19-8-10/h2-6,8,12,15-16H,7H2,1H3/t12-/m0/s1. The van der Waals surface area contributed by atoms with Gasteiger partial charge in [-0.25, -0.2) is 13.1 Å². The Morgan fingerprint density at radius 2 is 2.15 bits per heavy atom. The number of halogens is 1. The van der Waals surface area contributed by atoms with Crippen molar-refractivity contribution in [2.45, 2.75) is 17.9 Å². The van der Waals surface area contributed by atoms with E-state index in [-0.39, 0.29) is 11.4 Å². The summed E-state index contributed by atoms with van der Waals surface area (Å²) in [5, 5.41) is 13.9. The Bertz CT molecular complexity index is 684. The van der Waals surface area contributed by atoms with E-state index in [1.165, 1.54) is 17.4 Å². The average molecular weight is 332 g/mol. The highest BCUT2D eigenvalue weighted by atomic mass is 35.5. The molecule has 1 aromatic carbocycles. The van der Waals surface area contributed by atoms with Gasteiger partial charge in [-0.05, 0) is 47.0 Å². The largest absolute Gasteiger partial charge is 0.387 e. The number of hydrogen-bond acceptors (Lipinski definition) is 4. The third kappa shape index (κ3) is 3.39. The maximum atomic E-state index is 12.2. The maximum absolute atomic E-state index is 12.2. The van der Waals surface area contributed by atoms with Crippen LogP contribution in [0, 0.1) is 6.92 Å². The predicted octanol–water partition coefficient (Wildman–Crippen LogP) is 2.72.